The molecule has 3 rings (SSSR count). The number of hydrogen-bond donors (Lipinski definition) is 8. The smallest absolute Gasteiger partial charge is 0.245 e. The van der Waals surface area contributed by atoms with Crippen LogP contribution in [0.3, 0.4) is 0 Å². The Kier molecular flexibility index (Phi) is 23.4. The number of carbonyl (C=O) groups excluding carboxylic acids is 6. The fourth-order valence-electron chi connectivity index (χ4n) is 7.58. The van der Waals surface area contributed by atoms with Gasteiger partial charge in [0, 0.05) is 57.4 Å². The number of nitrogens with zero attached hydrogens (tertiary/aromatic N) is 1. The Hall–Kier alpha value is -4.54. The minimum atomic E-state index is -0.865. The van der Waals surface area contributed by atoms with Crippen molar-refractivity contribution in [3.8, 4) is 0 Å². The lowest BCUT2D eigenvalue weighted by molar-refractivity contribution is -0.137. The van der Waals surface area contributed by atoms with Crippen molar-refractivity contribution in [3.63, 3.8) is 0 Å². The predicted molar refractivity (Wildman–Crippen MR) is 239 cm³/mol. The second kappa shape index (κ2) is 28.1. The van der Waals surface area contributed by atoms with Gasteiger partial charge in [0.25, 0.3) is 0 Å². The van der Waals surface area contributed by atoms with E-state index in [-0.39, 0.29) is 42.1 Å². The Labute approximate surface area is 362 Å². The summed E-state index contributed by atoms with van der Waals surface area (Å²) in [5.41, 5.74) is 25.7. The van der Waals surface area contributed by atoms with Gasteiger partial charge < -0.3 is 49.1 Å². The molecule has 0 aliphatic carbocycles. The molecule has 1 saturated heterocycles. The molecule has 0 spiro atoms. The van der Waals surface area contributed by atoms with Gasteiger partial charge in [-0.25, -0.2) is 0 Å². The van der Waals surface area contributed by atoms with Crippen LogP contribution in [0.15, 0.2) is 60.7 Å². The molecular weight excluding hydrogens is 775 g/mol. The normalized spacial score (nSPS) is 15.8. The molecule has 0 unspecified atom stereocenters. The molecule has 338 valence electrons. The molecule has 0 aromatic heterocycles. The van der Waals surface area contributed by atoms with Crippen molar-refractivity contribution in [3.05, 3.63) is 71.8 Å². The Bertz CT molecular complexity index is 1640. The minimum absolute atomic E-state index is 0.0489. The second-order valence-electron chi connectivity index (χ2n) is 16.8. The summed E-state index contributed by atoms with van der Waals surface area (Å²) in [7, 11) is 0. The summed E-state index contributed by atoms with van der Waals surface area (Å²) >= 11 is 0. The molecule has 15 nitrogen and oxygen atoms in total. The topological polar surface area (TPSA) is 258 Å². The first-order valence-corrected chi connectivity index (χ1v) is 22.2. The van der Waals surface area contributed by atoms with E-state index in [0.717, 1.165) is 11.1 Å². The molecule has 0 bridgehead atoms. The zero-order chi connectivity index (χ0) is 44.6. The molecule has 1 aliphatic heterocycles. The molecule has 1 heterocycles. The Morgan fingerprint density at radius 2 is 1.21 bits per heavy atom. The number of hydrogen-bond acceptors (Lipinski definition) is 11. The highest BCUT2D eigenvalue weighted by Crippen LogP contribution is 2.20. The average molecular weight is 848 g/mol. The van der Waals surface area contributed by atoms with Gasteiger partial charge in [-0.3, -0.25) is 28.8 Å². The Morgan fingerprint density at radius 1 is 0.639 bits per heavy atom. The van der Waals surface area contributed by atoms with Gasteiger partial charge in [0.15, 0.2) is 11.6 Å². The summed E-state index contributed by atoms with van der Waals surface area (Å²) in [5, 5.41) is 12.0. The highest BCUT2D eigenvalue weighted by atomic mass is 16.2. The van der Waals surface area contributed by atoms with Gasteiger partial charge in [0.1, 0.15) is 6.04 Å². The number of benzene rings is 2. The molecule has 61 heavy (non-hydrogen) atoms. The van der Waals surface area contributed by atoms with Crippen LogP contribution in [0, 0.1) is 17.8 Å². The van der Waals surface area contributed by atoms with Crippen molar-refractivity contribution in [1.29, 1.82) is 0 Å². The van der Waals surface area contributed by atoms with E-state index in [1.807, 2.05) is 74.5 Å². The van der Waals surface area contributed by atoms with Crippen LogP contribution in [0.1, 0.15) is 89.2 Å². The largest absolute Gasteiger partial charge is 0.356 e. The number of rotatable bonds is 29. The van der Waals surface area contributed by atoms with E-state index in [1.54, 1.807) is 4.90 Å². The predicted octanol–water partition coefficient (Wildman–Crippen LogP) is 1.49. The van der Waals surface area contributed by atoms with Gasteiger partial charge in [-0.1, -0.05) is 74.5 Å². The number of carbonyl (C=O) groups is 6. The average Bonchev–Trinajstić information content (AvgIpc) is 3.26. The zero-order valence-electron chi connectivity index (χ0n) is 36.5. The van der Waals surface area contributed by atoms with Crippen LogP contribution in [0.5, 0.6) is 0 Å². The van der Waals surface area contributed by atoms with Crippen LogP contribution < -0.4 is 44.2 Å². The third-order valence-electron chi connectivity index (χ3n) is 11.2. The van der Waals surface area contributed by atoms with Crippen molar-refractivity contribution in [2.45, 2.75) is 115 Å². The Balaban J connectivity index is 1.64. The van der Waals surface area contributed by atoms with E-state index < -0.39 is 47.8 Å². The molecule has 2 aromatic rings. The van der Waals surface area contributed by atoms with E-state index in [1.165, 1.54) is 0 Å². The fourth-order valence-corrected chi connectivity index (χ4v) is 7.58. The molecule has 2 aromatic carbocycles. The van der Waals surface area contributed by atoms with E-state index in [4.69, 9.17) is 22.9 Å². The maximum Gasteiger partial charge on any atom is 0.245 e. The number of unbranched alkanes of at least 4 members (excludes halogenated alkanes) is 1. The van der Waals surface area contributed by atoms with Gasteiger partial charge >= 0.3 is 0 Å². The molecule has 6 atom stereocenters. The van der Waals surface area contributed by atoms with Crippen molar-refractivity contribution >= 4 is 35.2 Å². The number of piperazine rings is 1. The summed E-state index contributed by atoms with van der Waals surface area (Å²) in [6.07, 6.45) is 4.20. The molecule has 0 saturated carbocycles. The lowest BCUT2D eigenvalue weighted by Crippen LogP contribution is -2.56. The van der Waals surface area contributed by atoms with Crippen LogP contribution >= 0.6 is 0 Å². The summed E-state index contributed by atoms with van der Waals surface area (Å²) in [6.45, 7) is 7.42. The van der Waals surface area contributed by atoms with Crippen LogP contribution in [0.2, 0.25) is 0 Å². The third kappa shape index (κ3) is 18.9. The number of nitrogens with one attached hydrogen (secondary N) is 4. The number of amides is 4. The second-order valence-corrected chi connectivity index (χ2v) is 16.8. The van der Waals surface area contributed by atoms with Crippen molar-refractivity contribution in [1.82, 2.24) is 26.2 Å². The maximum absolute atomic E-state index is 14.1. The van der Waals surface area contributed by atoms with Gasteiger partial charge in [0.2, 0.25) is 23.6 Å². The lowest BCUT2D eigenvalue weighted by Gasteiger charge is -2.31. The van der Waals surface area contributed by atoms with Gasteiger partial charge in [0.05, 0.1) is 18.1 Å². The highest BCUT2D eigenvalue weighted by molar-refractivity contribution is 5.95. The van der Waals surface area contributed by atoms with E-state index in [0.29, 0.717) is 110 Å². The molecule has 15 heteroatoms. The Morgan fingerprint density at radius 3 is 1.82 bits per heavy atom. The highest BCUT2D eigenvalue weighted by Gasteiger charge is 2.32. The minimum Gasteiger partial charge on any atom is -0.356 e. The van der Waals surface area contributed by atoms with E-state index >= 15 is 0 Å². The number of nitrogens with two attached hydrogens (primary N) is 4. The number of ketones is 2. The first-order chi connectivity index (χ1) is 29.3. The zero-order valence-corrected chi connectivity index (χ0v) is 36.5. The maximum atomic E-state index is 14.1. The summed E-state index contributed by atoms with van der Waals surface area (Å²) in [4.78, 5) is 83.2. The van der Waals surface area contributed by atoms with E-state index in [2.05, 4.69) is 21.3 Å². The van der Waals surface area contributed by atoms with Gasteiger partial charge in [-0.2, -0.15) is 0 Å². The van der Waals surface area contributed by atoms with Crippen LogP contribution in [-0.4, -0.2) is 110 Å². The van der Waals surface area contributed by atoms with Crippen LogP contribution in [0.4, 0.5) is 0 Å². The first-order valence-electron chi connectivity index (χ1n) is 22.2. The van der Waals surface area contributed by atoms with Crippen molar-refractivity contribution < 1.29 is 28.8 Å². The standard InChI is InChI=1S/C46H73N9O6/c1-32(2)27-40(54-44(59)36(28-33-13-5-3-6-14-33)31-41(56)38(50)29-34-15-7-4-8-16-34)42(57)30-35(17-11-20-47)43(58)52-22-10-9-19-39(46(61)55-25-23-51-24-26-55)53-45(60)37(49)18-12-21-48/h3-8,13-16,32,35-40,51H,9-12,17-31,47-50H2,1-2H3,(H,52,58)(H,53,60)(H,54,59)/t35-,36-,37+,38+,39-,40+/m0/s1. The third-order valence-corrected chi connectivity index (χ3v) is 11.2. The molecule has 1 aliphatic rings. The van der Waals surface area contributed by atoms with Gasteiger partial charge in [-0.15, -0.1) is 0 Å². The van der Waals surface area contributed by atoms with E-state index in [9.17, 15) is 28.8 Å². The molecule has 12 N–H and O–H groups in total. The molecule has 4 amide bonds. The first kappa shape index (κ1) is 50.8. The lowest BCUT2D eigenvalue weighted by atomic mass is 9.88. The SMILES string of the molecule is CC(C)C[C@@H](NC(=O)[C@H](CC(=O)[C@H](N)Cc1ccccc1)Cc1ccccc1)C(=O)C[C@H](CCCN)C(=O)NCCCC[C@H](NC(=O)[C@H](N)CCCN)C(=O)N1CCNCC1. The monoisotopic (exact) mass is 848 g/mol. The summed E-state index contributed by atoms with van der Waals surface area (Å²) in [5.74, 6) is -3.13. The summed E-state index contributed by atoms with van der Waals surface area (Å²) < 4.78 is 0. The summed E-state index contributed by atoms with van der Waals surface area (Å²) in [6, 6.07) is 15.7. The van der Waals surface area contributed by atoms with Crippen LogP contribution in [0.25, 0.3) is 0 Å². The van der Waals surface area contributed by atoms with Crippen molar-refractivity contribution in [2.24, 2.45) is 40.7 Å². The quantitative estimate of drug-likeness (QED) is 0.0545. The van der Waals surface area contributed by atoms with Gasteiger partial charge in [-0.05, 0) is 94.3 Å². The molecular formula is C46H73N9O6. The fraction of sp³-hybridized carbons (Fsp3) is 0.609. The molecule has 0 radical (unpaired) electrons. The molecule has 1 fully saturated rings. The van der Waals surface area contributed by atoms with Crippen molar-refractivity contribution in [2.75, 3.05) is 45.8 Å². The van der Waals surface area contributed by atoms with Crippen LogP contribution in [-0.2, 0) is 41.6 Å². The number of Topliss-reactive ketones (excluding diaryl/α,β-unsaturated/α-hetero) is 2.